The van der Waals surface area contributed by atoms with Crippen molar-refractivity contribution in [1.82, 2.24) is 10.2 Å². The van der Waals surface area contributed by atoms with Gasteiger partial charge < -0.3 is 20.3 Å². The zero-order chi connectivity index (χ0) is 22.0. The molecule has 1 saturated heterocycles. The van der Waals surface area contributed by atoms with Gasteiger partial charge in [-0.15, -0.1) is 12.4 Å². The van der Waals surface area contributed by atoms with E-state index < -0.39 is 0 Å². The molecule has 1 amide bonds. The number of ether oxygens (including phenoxy) is 1. The minimum atomic E-state index is -0.368. The molecule has 0 aromatic heterocycles. The van der Waals surface area contributed by atoms with E-state index in [9.17, 15) is 9.59 Å². The highest BCUT2D eigenvalue weighted by atomic mass is 35.5. The van der Waals surface area contributed by atoms with Crippen LogP contribution in [0.3, 0.4) is 0 Å². The summed E-state index contributed by atoms with van der Waals surface area (Å²) in [6, 6.07) is 11.8. The van der Waals surface area contributed by atoms with Gasteiger partial charge in [-0.25, -0.2) is 4.79 Å². The highest BCUT2D eigenvalue weighted by molar-refractivity contribution is 5.99. The molecule has 2 aromatic carbocycles. The number of rotatable bonds is 5. The van der Waals surface area contributed by atoms with Crippen molar-refractivity contribution in [2.75, 3.05) is 25.5 Å². The molecule has 6 nitrogen and oxygen atoms in total. The second-order valence-corrected chi connectivity index (χ2v) is 8.55. The Bertz CT molecular complexity index is 986. The van der Waals surface area contributed by atoms with Crippen LogP contribution in [0.2, 0.25) is 0 Å². The number of nitrogens with one attached hydrogen (secondary N) is 2. The Morgan fingerprint density at radius 1 is 1.22 bits per heavy atom. The van der Waals surface area contributed by atoms with E-state index in [1.807, 2.05) is 31.2 Å². The standard InChI is InChI=1S/C25H31N3O3.ClH/c1-16-13-20(17(2)27-23-9-5-4-8-19(23)25(30)31-3)22-15-28(24(29)21(22)14-16)18-7-6-11-26-12-10-18;/h4-5,8-9,13-14,17-18,26-27H,6-7,10-12,15H2,1-3H3;1H. The SMILES string of the molecule is COC(=O)c1ccccc1NC(C)c1cc(C)cc2c1CN(C1CCCNCC1)C2=O.Cl. The lowest BCUT2D eigenvalue weighted by atomic mass is 9.95. The summed E-state index contributed by atoms with van der Waals surface area (Å²) in [6.45, 7) is 6.74. The molecule has 0 spiro atoms. The number of aryl methyl sites for hydroxylation is 1. The first-order chi connectivity index (χ1) is 15.0. The fraction of sp³-hybridized carbons (Fsp3) is 0.440. The lowest BCUT2D eigenvalue weighted by Gasteiger charge is -2.26. The number of methoxy groups -OCH3 is 1. The maximum atomic E-state index is 13.3. The number of para-hydroxylation sites is 1. The van der Waals surface area contributed by atoms with E-state index in [-0.39, 0.29) is 36.4 Å². The summed E-state index contributed by atoms with van der Waals surface area (Å²) < 4.78 is 4.93. The molecule has 7 heteroatoms. The van der Waals surface area contributed by atoms with Crippen molar-refractivity contribution < 1.29 is 14.3 Å². The van der Waals surface area contributed by atoms with Crippen molar-refractivity contribution in [1.29, 1.82) is 0 Å². The maximum Gasteiger partial charge on any atom is 0.339 e. The average Bonchev–Trinajstić information content (AvgIpc) is 2.95. The first-order valence-electron chi connectivity index (χ1n) is 11.1. The number of halogens is 1. The largest absolute Gasteiger partial charge is 0.465 e. The Labute approximate surface area is 196 Å². The van der Waals surface area contributed by atoms with Gasteiger partial charge >= 0.3 is 5.97 Å². The molecule has 0 saturated carbocycles. The number of carbonyl (C=O) groups is 2. The number of fused-ring (bicyclic) bond motifs is 1. The lowest BCUT2D eigenvalue weighted by molar-refractivity contribution is 0.0601. The number of hydrogen-bond donors (Lipinski definition) is 2. The lowest BCUT2D eigenvalue weighted by Crippen LogP contribution is -2.36. The number of nitrogens with zero attached hydrogens (tertiary/aromatic N) is 1. The van der Waals surface area contributed by atoms with Gasteiger partial charge in [-0.3, -0.25) is 4.79 Å². The molecular weight excluding hydrogens is 426 g/mol. The van der Waals surface area contributed by atoms with Crippen LogP contribution in [0.25, 0.3) is 0 Å². The highest BCUT2D eigenvalue weighted by Gasteiger charge is 2.35. The molecule has 2 unspecified atom stereocenters. The molecule has 2 aromatic rings. The number of carbonyl (C=O) groups excluding carboxylic acids is 2. The van der Waals surface area contributed by atoms with Crippen LogP contribution in [0.5, 0.6) is 0 Å². The van der Waals surface area contributed by atoms with Gasteiger partial charge in [0.2, 0.25) is 0 Å². The summed E-state index contributed by atoms with van der Waals surface area (Å²) in [5, 5.41) is 6.91. The Morgan fingerprint density at radius 3 is 2.78 bits per heavy atom. The van der Waals surface area contributed by atoms with E-state index in [4.69, 9.17) is 4.74 Å². The quantitative estimate of drug-likeness (QED) is 0.648. The molecular formula is C25H32ClN3O3. The first-order valence-corrected chi connectivity index (χ1v) is 11.1. The predicted octanol–water partition coefficient (Wildman–Crippen LogP) is 4.47. The molecule has 0 bridgehead atoms. The van der Waals surface area contributed by atoms with Gasteiger partial charge in [-0.1, -0.05) is 18.2 Å². The molecule has 0 radical (unpaired) electrons. The van der Waals surface area contributed by atoms with Gasteiger partial charge in [-0.2, -0.15) is 0 Å². The van der Waals surface area contributed by atoms with Crippen molar-refractivity contribution in [2.24, 2.45) is 0 Å². The average molecular weight is 458 g/mol. The number of esters is 1. The molecule has 2 aliphatic rings. The zero-order valence-corrected chi connectivity index (χ0v) is 19.8. The van der Waals surface area contributed by atoms with E-state index in [2.05, 4.69) is 28.5 Å². The minimum Gasteiger partial charge on any atom is -0.465 e. The third-order valence-corrected chi connectivity index (χ3v) is 6.41. The van der Waals surface area contributed by atoms with E-state index >= 15 is 0 Å². The van der Waals surface area contributed by atoms with Crippen LogP contribution >= 0.6 is 12.4 Å². The third-order valence-electron chi connectivity index (χ3n) is 6.41. The van der Waals surface area contributed by atoms with Gasteiger partial charge in [0.05, 0.1) is 12.7 Å². The van der Waals surface area contributed by atoms with Crippen LogP contribution in [0.15, 0.2) is 36.4 Å². The van der Waals surface area contributed by atoms with Crippen LogP contribution in [0, 0.1) is 6.92 Å². The molecule has 1 fully saturated rings. The molecule has 0 aliphatic carbocycles. The van der Waals surface area contributed by atoms with Gasteiger partial charge in [-0.05, 0) is 81.1 Å². The van der Waals surface area contributed by atoms with Crippen molar-refractivity contribution in [3.8, 4) is 0 Å². The van der Waals surface area contributed by atoms with Crippen LogP contribution in [0.1, 0.15) is 69.6 Å². The summed E-state index contributed by atoms with van der Waals surface area (Å²) >= 11 is 0. The summed E-state index contributed by atoms with van der Waals surface area (Å²) in [6.07, 6.45) is 3.13. The summed E-state index contributed by atoms with van der Waals surface area (Å²) in [5.74, 6) is -0.220. The van der Waals surface area contributed by atoms with Gasteiger partial charge in [0.15, 0.2) is 0 Å². The van der Waals surface area contributed by atoms with Crippen LogP contribution in [-0.4, -0.2) is 43.0 Å². The molecule has 2 atom stereocenters. The number of amides is 1. The smallest absolute Gasteiger partial charge is 0.339 e. The summed E-state index contributed by atoms with van der Waals surface area (Å²) in [5.41, 5.74) is 5.34. The second kappa shape index (κ2) is 10.4. The molecule has 2 aliphatic heterocycles. The fourth-order valence-corrected chi connectivity index (χ4v) is 4.81. The third kappa shape index (κ3) is 4.76. The topological polar surface area (TPSA) is 70.7 Å². The zero-order valence-electron chi connectivity index (χ0n) is 18.9. The number of hydrogen-bond acceptors (Lipinski definition) is 5. The van der Waals surface area contributed by atoms with E-state index in [1.54, 1.807) is 6.07 Å². The molecule has 2 heterocycles. The molecule has 32 heavy (non-hydrogen) atoms. The summed E-state index contributed by atoms with van der Waals surface area (Å²) in [4.78, 5) is 27.5. The highest BCUT2D eigenvalue weighted by Crippen LogP contribution is 2.35. The van der Waals surface area contributed by atoms with Crippen molar-refractivity contribution >= 4 is 30.0 Å². The fourth-order valence-electron chi connectivity index (χ4n) is 4.81. The van der Waals surface area contributed by atoms with Crippen molar-refractivity contribution in [3.63, 3.8) is 0 Å². The van der Waals surface area contributed by atoms with E-state index in [0.717, 1.165) is 60.3 Å². The van der Waals surface area contributed by atoms with Gasteiger partial charge in [0, 0.05) is 29.9 Å². The van der Waals surface area contributed by atoms with Crippen LogP contribution in [0.4, 0.5) is 5.69 Å². The second-order valence-electron chi connectivity index (χ2n) is 8.55. The van der Waals surface area contributed by atoms with Gasteiger partial charge in [0.25, 0.3) is 5.91 Å². The Morgan fingerprint density at radius 2 is 2.00 bits per heavy atom. The Hall–Kier alpha value is -2.57. The number of benzene rings is 2. The van der Waals surface area contributed by atoms with Crippen LogP contribution in [-0.2, 0) is 11.3 Å². The monoisotopic (exact) mass is 457 g/mol. The predicted molar refractivity (Wildman–Crippen MR) is 129 cm³/mol. The van der Waals surface area contributed by atoms with Crippen molar-refractivity contribution in [3.05, 3.63) is 64.2 Å². The Kier molecular flexibility index (Phi) is 7.80. The van der Waals surface area contributed by atoms with E-state index in [0.29, 0.717) is 12.1 Å². The number of anilines is 1. The normalized spacial score (nSPS) is 18.9. The molecule has 172 valence electrons. The summed E-state index contributed by atoms with van der Waals surface area (Å²) in [7, 11) is 1.39. The maximum absolute atomic E-state index is 13.3. The van der Waals surface area contributed by atoms with E-state index in [1.165, 1.54) is 7.11 Å². The Balaban J connectivity index is 0.00000289. The molecule has 2 N–H and O–H groups in total. The van der Waals surface area contributed by atoms with Crippen LogP contribution < -0.4 is 10.6 Å². The molecule has 4 rings (SSSR count). The van der Waals surface area contributed by atoms with Crippen molar-refractivity contribution in [2.45, 2.75) is 51.7 Å². The minimum absolute atomic E-state index is 0. The van der Waals surface area contributed by atoms with Gasteiger partial charge in [0.1, 0.15) is 0 Å². The first kappa shape index (κ1) is 24.1.